The lowest BCUT2D eigenvalue weighted by atomic mass is 10.0. The highest BCUT2D eigenvalue weighted by Crippen LogP contribution is 2.33. The van der Waals surface area contributed by atoms with E-state index >= 15 is 0 Å². The highest BCUT2D eigenvalue weighted by atomic mass is 35.7. The number of hydrogen-bond acceptors (Lipinski definition) is 3. The van der Waals surface area contributed by atoms with E-state index in [1.54, 1.807) is 0 Å². The summed E-state index contributed by atoms with van der Waals surface area (Å²) in [5.74, 6) is 0.499. The lowest BCUT2D eigenvalue weighted by Gasteiger charge is -2.12. The summed E-state index contributed by atoms with van der Waals surface area (Å²) < 4.78 is 40.6. The largest absolute Gasteiger partial charge is 0.493 e. The Morgan fingerprint density at radius 1 is 1.10 bits per heavy atom. The van der Waals surface area contributed by atoms with E-state index in [9.17, 15) is 12.8 Å². The minimum atomic E-state index is -3.82. The van der Waals surface area contributed by atoms with E-state index in [-0.39, 0.29) is 17.9 Å². The molecule has 3 nitrogen and oxygen atoms in total. The number of ether oxygens (including phenoxy) is 1. The minimum Gasteiger partial charge on any atom is -0.493 e. The average Bonchev–Trinajstić information content (AvgIpc) is 2.47. The summed E-state index contributed by atoms with van der Waals surface area (Å²) in [4.78, 5) is 0.000797. The van der Waals surface area contributed by atoms with Crippen LogP contribution in [-0.2, 0) is 9.05 Å². The predicted octanol–water partition coefficient (Wildman–Crippen LogP) is 4.02. The standard InChI is InChI=1S/C15H14ClFO3S/c16-21(18,19)13-7-8-15(20-10-4-9-17)14(11-13)12-5-2-1-3-6-12/h1-3,5-8,11H,4,9-10H2. The number of halogens is 2. The van der Waals surface area contributed by atoms with Crippen LogP contribution in [0.2, 0.25) is 0 Å². The van der Waals surface area contributed by atoms with E-state index in [0.29, 0.717) is 11.3 Å². The van der Waals surface area contributed by atoms with Gasteiger partial charge in [0.25, 0.3) is 9.05 Å². The van der Waals surface area contributed by atoms with Crippen LogP contribution >= 0.6 is 10.7 Å². The van der Waals surface area contributed by atoms with Gasteiger partial charge in [0.15, 0.2) is 0 Å². The van der Waals surface area contributed by atoms with Crippen molar-refractivity contribution in [2.75, 3.05) is 13.3 Å². The molecule has 2 rings (SSSR count). The van der Waals surface area contributed by atoms with E-state index in [2.05, 4.69) is 0 Å². The Morgan fingerprint density at radius 3 is 2.43 bits per heavy atom. The van der Waals surface area contributed by atoms with Crippen LogP contribution in [0, 0.1) is 0 Å². The van der Waals surface area contributed by atoms with Gasteiger partial charge in [0.05, 0.1) is 18.2 Å². The Morgan fingerprint density at radius 2 is 1.81 bits per heavy atom. The molecule has 0 spiro atoms. The Balaban J connectivity index is 2.45. The summed E-state index contributed by atoms with van der Waals surface area (Å²) in [6.45, 7) is -0.238. The smallest absolute Gasteiger partial charge is 0.261 e. The van der Waals surface area contributed by atoms with Crippen LogP contribution in [0.1, 0.15) is 6.42 Å². The highest BCUT2D eigenvalue weighted by Gasteiger charge is 2.15. The first-order valence-corrected chi connectivity index (χ1v) is 8.66. The third-order valence-electron chi connectivity index (χ3n) is 2.85. The first-order chi connectivity index (χ1) is 10.0. The molecule has 2 aromatic carbocycles. The van der Waals surface area contributed by atoms with Gasteiger partial charge >= 0.3 is 0 Å². The topological polar surface area (TPSA) is 43.4 Å². The second kappa shape index (κ2) is 6.91. The summed E-state index contributed by atoms with van der Waals surface area (Å²) in [7, 11) is 1.56. The molecule has 2 aromatic rings. The molecule has 0 fully saturated rings. The Kier molecular flexibility index (Phi) is 5.20. The third-order valence-corrected chi connectivity index (χ3v) is 4.20. The van der Waals surface area contributed by atoms with Crippen LogP contribution < -0.4 is 4.74 Å². The van der Waals surface area contributed by atoms with E-state index < -0.39 is 15.7 Å². The van der Waals surface area contributed by atoms with Gasteiger partial charge in [0, 0.05) is 22.7 Å². The van der Waals surface area contributed by atoms with Crippen molar-refractivity contribution in [2.24, 2.45) is 0 Å². The van der Waals surface area contributed by atoms with Crippen molar-refractivity contribution >= 4 is 19.7 Å². The van der Waals surface area contributed by atoms with Crippen molar-refractivity contribution in [3.8, 4) is 16.9 Å². The number of benzene rings is 2. The Hall–Kier alpha value is -1.59. The van der Waals surface area contributed by atoms with Crippen LogP contribution in [0.25, 0.3) is 11.1 Å². The average molecular weight is 329 g/mol. The second-order valence-corrected chi connectivity index (χ2v) is 6.92. The van der Waals surface area contributed by atoms with Gasteiger partial charge in [0.1, 0.15) is 5.75 Å². The zero-order valence-electron chi connectivity index (χ0n) is 11.1. The zero-order valence-corrected chi connectivity index (χ0v) is 12.7. The van der Waals surface area contributed by atoms with Crippen LogP contribution in [0.3, 0.4) is 0 Å². The molecule has 0 aliphatic heterocycles. The summed E-state index contributed by atoms with van der Waals surface area (Å²) in [6, 6.07) is 13.6. The van der Waals surface area contributed by atoms with E-state index in [1.807, 2.05) is 30.3 Å². The van der Waals surface area contributed by atoms with Crippen LogP contribution in [0.4, 0.5) is 4.39 Å². The molecule has 0 aliphatic rings. The summed E-state index contributed by atoms with van der Waals surface area (Å²) in [5.41, 5.74) is 1.41. The Bertz CT molecular complexity index is 702. The van der Waals surface area contributed by atoms with Gasteiger partial charge in [-0.05, 0) is 23.8 Å². The third kappa shape index (κ3) is 4.19. The second-order valence-electron chi connectivity index (χ2n) is 4.35. The maximum Gasteiger partial charge on any atom is 0.261 e. The van der Waals surface area contributed by atoms with E-state index in [1.165, 1.54) is 18.2 Å². The van der Waals surface area contributed by atoms with E-state index in [0.717, 1.165) is 5.56 Å². The molecule has 112 valence electrons. The van der Waals surface area contributed by atoms with E-state index in [4.69, 9.17) is 15.4 Å². The zero-order chi connectivity index (χ0) is 15.3. The van der Waals surface area contributed by atoms with Crippen LogP contribution in [0.15, 0.2) is 53.4 Å². The fourth-order valence-electron chi connectivity index (χ4n) is 1.87. The van der Waals surface area contributed by atoms with Crippen molar-refractivity contribution in [3.05, 3.63) is 48.5 Å². The fraction of sp³-hybridized carbons (Fsp3) is 0.200. The van der Waals surface area contributed by atoms with Crippen molar-refractivity contribution < 1.29 is 17.5 Å². The molecule has 0 N–H and O–H groups in total. The minimum absolute atomic E-state index is 0.000797. The molecule has 0 aromatic heterocycles. The molecule has 21 heavy (non-hydrogen) atoms. The van der Waals surface area contributed by atoms with Gasteiger partial charge in [-0.25, -0.2) is 8.42 Å². The van der Waals surface area contributed by atoms with Gasteiger partial charge in [-0.15, -0.1) is 0 Å². The fourth-order valence-corrected chi connectivity index (χ4v) is 2.64. The summed E-state index contributed by atoms with van der Waals surface area (Å²) in [5, 5.41) is 0. The predicted molar refractivity (Wildman–Crippen MR) is 81.0 cm³/mol. The lowest BCUT2D eigenvalue weighted by molar-refractivity contribution is 0.290. The molecule has 6 heteroatoms. The van der Waals surface area contributed by atoms with Gasteiger partial charge < -0.3 is 4.74 Å². The summed E-state index contributed by atoms with van der Waals surface area (Å²) in [6.07, 6.45) is 0.282. The number of rotatable bonds is 6. The molecule has 0 radical (unpaired) electrons. The van der Waals surface area contributed by atoms with Crippen molar-refractivity contribution in [3.63, 3.8) is 0 Å². The number of hydrogen-bond donors (Lipinski definition) is 0. The SMILES string of the molecule is O=S(=O)(Cl)c1ccc(OCCCF)c(-c2ccccc2)c1. The van der Waals surface area contributed by atoms with Crippen molar-refractivity contribution in [1.29, 1.82) is 0 Å². The molecule has 0 saturated carbocycles. The number of alkyl halides is 1. The maximum absolute atomic E-state index is 12.2. The van der Waals surface area contributed by atoms with Gasteiger partial charge in [0.2, 0.25) is 0 Å². The quantitative estimate of drug-likeness (QED) is 0.594. The lowest BCUT2D eigenvalue weighted by Crippen LogP contribution is -2.01. The van der Waals surface area contributed by atoms with Gasteiger partial charge in [-0.2, -0.15) is 0 Å². The Labute approximate surface area is 127 Å². The van der Waals surface area contributed by atoms with Crippen molar-refractivity contribution in [2.45, 2.75) is 11.3 Å². The molecular weight excluding hydrogens is 315 g/mol. The van der Waals surface area contributed by atoms with Gasteiger partial charge in [-0.3, -0.25) is 4.39 Å². The van der Waals surface area contributed by atoms with Crippen LogP contribution in [-0.4, -0.2) is 21.7 Å². The molecule has 0 heterocycles. The first kappa shape index (κ1) is 15.8. The molecule has 0 aliphatic carbocycles. The monoisotopic (exact) mass is 328 g/mol. The molecule has 0 bridgehead atoms. The molecule has 0 amide bonds. The molecule has 0 atom stereocenters. The molecular formula is C15H14ClFO3S. The normalized spacial score (nSPS) is 11.3. The van der Waals surface area contributed by atoms with Crippen LogP contribution in [0.5, 0.6) is 5.75 Å². The molecule has 0 unspecified atom stereocenters. The first-order valence-electron chi connectivity index (χ1n) is 6.35. The summed E-state index contributed by atoms with van der Waals surface area (Å²) >= 11 is 0. The molecule has 0 saturated heterocycles. The van der Waals surface area contributed by atoms with Gasteiger partial charge in [-0.1, -0.05) is 30.3 Å². The van der Waals surface area contributed by atoms with Crippen molar-refractivity contribution in [1.82, 2.24) is 0 Å². The maximum atomic E-state index is 12.2. The highest BCUT2D eigenvalue weighted by molar-refractivity contribution is 8.13.